The lowest BCUT2D eigenvalue weighted by Crippen LogP contribution is -1.95. The summed E-state index contributed by atoms with van der Waals surface area (Å²) < 4.78 is 20.0. The largest absolute Gasteiger partial charge is 0.309 e. The number of rotatable bonds is 6. The van der Waals surface area contributed by atoms with Gasteiger partial charge in [-0.2, -0.15) is 0 Å². The second-order valence-electron chi connectivity index (χ2n) is 33.7. The van der Waals surface area contributed by atoms with E-state index in [2.05, 4.69) is 459 Å². The van der Waals surface area contributed by atoms with E-state index in [0.29, 0.717) is 0 Å². The Hall–Kier alpha value is -14.8. The smallest absolute Gasteiger partial charge is 0.0641 e. The highest BCUT2D eigenvalue weighted by Gasteiger charge is 2.26. The summed E-state index contributed by atoms with van der Waals surface area (Å²) in [5.41, 5.74) is 32.6. The zero-order valence-corrected chi connectivity index (χ0v) is 71.9. The molecule has 0 aliphatic rings. The first-order chi connectivity index (χ1) is 60.8. The predicted molar refractivity (Wildman–Crippen MR) is 535 cm³/mol. The summed E-state index contributed by atoms with van der Waals surface area (Å²) in [5.74, 6) is 0. The highest BCUT2D eigenvalue weighted by atomic mass is 32.1. The van der Waals surface area contributed by atoms with Crippen LogP contribution in [-0.4, -0.2) is 27.4 Å². The fourth-order valence-electron chi connectivity index (χ4n) is 19.9. The molecule has 0 aliphatic carbocycles. The van der Waals surface area contributed by atoms with Crippen molar-refractivity contribution < 1.29 is 0 Å². The molecule has 0 fully saturated rings. The fraction of sp³-hybridized carbons (Fsp3) is 0.0690. The number of thiophene rings is 2. The van der Waals surface area contributed by atoms with E-state index in [1.165, 1.54) is 250 Å². The maximum absolute atomic E-state index is 2.45. The summed E-state index contributed by atoms with van der Waals surface area (Å²) in [6.07, 6.45) is 0. The summed E-state index contributed by atoms with van der Waals surface area (Å²) in [6, 6.07) is 137. The summed E-state index contributed by atoms with van der Waals surface area (Å²) in [5, 5.41) is 21.2. The van der Waals surface area contributed by atoms with Crippen molar-refractivity contribution in [3.05, 3.63) is 421 Å². The van der Waals surface area contributed by atoms with Gasteiger partial charge in [0.1, 0.15) is 0 Å². The quantitative estimate of drug-likeness (QED) is 0.159. The van der Waals surface area contributed by atoms with Gasteiger partial charge in [-0.1, -0.05) is 224 Å². The molecule has 8 heterocycles. The monoisotopic (exact) mass is 1630 g/mol. The summed E-state index contributed by atoms with van der Waals surface area (Å²) in [4.78, 5) is 0. The lowest BCUT2D eigenvalue weighted by Gasteiger charge is -2.10. The van der Waals surface area contributed by atoms with Gasteiger partial charge in [0.05, 0.1) is 66.2 Å². The molecule has 0 N–H and O–H groups in total. The van der Waals surface area contributed by atoms with Crippen molar-refractivity contribution in [2.75, 3.05) is 0 Å². The van der Waals surface area contributed by atoms with Gasteiger partial charge in [0.15, 0.2) is 0 Å². The Morgan fingerprint density at radius 2 is 0.476 bits per heavy atom. The molecule has 0 bridgehead atoms. The Bertz CT molecular complexity index is 8650. The summed E-state index contributed by atoms with van der Waals surface area (Å²) in [6.45, 7) is 17.4. The molecule has 8 aromatic heterocycles. The van der Waals surface area contributed by atoms with Gasteiger partial charge in [0, 0.05) is 139 Å². The third-order valence-corrected chi connectivity index (χ3v) is 27.9. The van der Waals surface area contributed by atoms with E-state index < -0.39 is 0 Å². The van der Waals surface area contributed by atoms with E-state index in [4.69, 9.17) is 0 Å². The van der Waals surface area contributed by atoms with E-state index >= 15 is 0 Å². The Balaban J connectivity index is 0.0000000959. The molecule has 124 heavy (non-hydrogen) atoms. The van der Waals surface area contributed by atoms with Crippen LogP contribution in [-0.2, 0) is 0 Å². The second kappa shape index (κ2) is 29.5. The van der Waals surface area contributed by atoms with E-state index in [1.807, 2.05) is 22.7 Å². The average Bonchev–Trinajstić information content (AvgIpc) is 1.55. The Kier molecular flexibility index (Phi) is 17.7. The molecule has 26 aromatic rings. The van der Waals surface area contributed by atoms with Crippen LogP contribution in [0.5, 0.6) is 0 Å². The van der Waals surface area contributed by atoms with Crippen LogP contribution in [0.3, 0.4) is 0 Å². The maximum atomic E-state index is 2.45. The van der Waals surface area contributed by atoms with Crippen LogP contribution in [0, 0.1) is 55.4 Å². The van der Waals surface area contributed by atoms with Gasteiger partial charge >= 0.3 is 0 Å². The molecule has 8 heteroatoms. The maximum Gasteiger partial charge on any atom is 0.0641 e. The molecule has 0 saturated heterocycles. The number of benzene rings is 18. The number of aromatic nitrogens is 6. The van der Waals surface area contributed by atoms with Crippen LogP contribution in [0.15, 0.2) is 376 Å². The molecule has 592 valence electrons. The van der Waals surface area contributed by atoms with Gasteiger partial charge in [-0.15, -0.1) is 22.7 Å². The van der Waals surface area contributed by atoms with Crippen molar-refractivity contribution in [3.8, 4) is 34.1 Å². The van der Waals surface area contributed by atoms with Crippen LogP contribution < -0.4 is 0 Å². The van der Waals surface area contributed by atoms with Crippen LogP contribution in [0.25, 0.3) is 205 Å². The van der Waals surface area contributed by atoms with Crippen LogP contribution in [0.1, 0.15) is 44.5 Å². The van der Waals surface area contributed by atoms with Crippen LogP contribution in [0.4, 0.5) is 0 Å². The van der Waals surface area contributed by atoms with Crippen molar-refractivity contribution in [2.45, 2.75) is 55.4 Å². The number of fused-ring (bicyclic) bond motifs is 27. The molecule has 0 amide bonds. The first-order valence-electron chi connectivity index (χ1n) is 42.9. The number of para-hydroxylation sites is 6. The van der Waals surface area contributed by atoms with E-state index in [-0.39, 0.29) is 0 Å². The van der Waals surface area contributed by atoms with Gasteiger partial charge in [0.2, 0.25) is 0 Å². The van der Waals surface area contributed by atoms with Gasteiger partial charge in [-0.3, -0.25) is 0 Å². The average molecular weight is 1630 g/mol. The molecule has 0 aliphatic heterocycles. The molecular weight excluding hydrogens is 1540 g/mol. The molecule has 18 aromatic carbocycles. The third-order valence-electron chi connectivity index (χ3n) is 25.4. The van der Waals surface area contributed by atoms with Crippen LogP contribution >= 0.6 is 22.7 Å². The van der Waals surface area contributed by atoms with Crippen molar-refractivity contribution in [1.29, 1.82) is 0 Å². The fourth-order valence-corrected chi connectivity index (χ4v) is 22.3. The topological polar surface area (TPSA) is 29.6 Å². The number of hydrogen-bond acceptors (Lipinski definition) is 2. The van der Waals surface area contributed by atoms with Crippen molar-refractivity contribution in [2.24, 2.45) is 0 Å². The lowest BCUT2D eigenvalue weighted by atomic mass is 10.0. The van der Waals surface area contributed by atoms with E-state index in [1.54, 1.807) is 0 Å². The zero-order chi connectivity index (χ0) is 83.3. The first kappa shape index (κ1) is 74.3. The molecule has 0 atom stereocenters. The van der Waals surface area contributed by atoms with Crippen molar-refractivity contribution >= 4 is 194 Å². The van der Waals surface area contributed by atoms with Crippen LogP contribution in [0.2, 0.25) is 0 Å². The molecule has 26 rings (SSSR count). The standard InChI is InChI=1S/2C32H24N2.2C26H19NS/c1-21-14-17-28-27(19-21)25-16-18-29-31(32(25)34(28)24-11-7-4-8-12-24)26-15-13-22(2)20-30(26)33(29)23-9-5-3-6-10-23;1-21-13-15-25-29(19-21)33(23-9-5-3-6-10-23)27-17-18-28-32(31(25)27)26-16-14-22(2)20-30(26)34(28)24-11-7-4-8-12-24;1-16-11-12-19-20-13-14-23-24(21-10-6-7-17(2)26(21)28-23)25(20)27(22(19)15-16)18-8-4-3-5-9-18;1-16-8-10-19-21-14-22-20-11-9-17(2)13-25(20)28-26(22)15-24(21)27(23(19)12-16)18-6-4-3-5-7-18/h2*3-20H,1-2H3;2*3-15H,1-2H3. The number of hydrogen-bond donors (Lipinski definition) is 0. The minimum absolute atomic E-state index is 1.19. The van der Waals surface area contributed by atoms with Gasteiger partial charge < -0.3 is 27.4 Å². The Labute approximate surface area is 726 Å². The molecule has 0 radical (unpaired) electrons. The highest BCUT2D eigenvalue weighted by molar-refractivity contribution is 7.26. The normalized spacial score (nSPS) is 11.9. The number of aryl methyl sites for hydroxylation is 8. The number of nitrogens with zero attached hydrogens (tertiary/aromatic N) is 6. The Morgan fingerprint density at radius 1 is 0.161 bits per heavy atom. The summed E-state index contributed by atoms with van der Waals surface area (Å²) in [7, 11) is 0. The van der Waals surface area contributed by atoms with Gasteiger partial charge in [-0.25, -0.2) is 0 Å². The Morgan fingerprint density at radius 3 is 0.968 bits per heavy atom. The molecular formula is C116H86N6S2. The minimum atomic E-state index is 1.19. The molecule has 0 saturated carbocycles. The highest BCUT2D eigenvalue weighted by Crippen LogP contribution is 2.49. The van der Waals surface area contributed by atoms with Gasteiger partial charge in [0.25, 0.3) is 0 Å². The van der Waals surface area contributed by atoms with E-state index in [0.717, 1.165) is 0 Å². The van der Waals surface area contributed by atoms with Gasteiger partial charge in [-0.05, 0) is 252 Å². The minimum Gasteiger partial charge on any atom is -0.309 e. The third kappa shape index (κ3) is 12.0. The SMILES string of the molecule is Cc1ccc2c(c1)c1ccc3c(c4ccc(C)cc4n3-c3ccccc3)c1n2-c1ccccc1.Cc1ccc2c(c1)sc1cc3c(cc12)c1ccc(C)cc1n3-c1ccccc1.Cc1ccc2c3c4c5ccc(C)cc5n(-c5ccccc5)c4ccc3n(-c3ccccc3)c2c1.Cc1ccc2c3ccc4sc5c(C)cccc5c4c3n(-c3ccccc3)c2c1. The first-order valence-corrected chi connectivity index (χ1v) is 44.5. The molecule has 6 nitrogen and oxygen atoms in total. The van der Waals surface area contributed by atoms with Crippen molar-refractivity contribution in [1.82, 2.24) is 27.4 Å². The molecule has 0 spiro atoms. The predicted octanol–water partition coefficient (Wildman–Crippen LogP) is 32.5. The second-order valence-corrected chi connectivity index (χ2v) is 35.9. The van der Waals surface area contributed by atoms with E-state index in [9.17, 15) is 0 Å². The summed E-state index contributed by atoms with van der Waals surface area (Å²) >= 11 is 3.80. The lowest BCUT2D eigenvalue weighted by molar-refractivity contribution is 1.17. The zero-order valence-electron chi connectivity index (χ0n) is 70.3. The van der Waals surface area contributed by atoms with Crippen molar-refractivity contribution in [3.63, 3.8) is 0 Å². The molecule has 0 unspecified atom stereocenters.